The molecule has 6 atom stereocenters. The number of hydrogen-bond acceptors (Lipinski definition) is 7. The number of likely N-dealkylation sites (tertiary alicyclic amines) is 1. The molecule has 12 nitrogen and oxygen atoms in total. The van der Waals surface area contributed by atoms with Gasteiger partial charge in [0, 0.05) is 13.1 Å². The minimum atomic E-state index is -1.06. The fourth-order valence-corrected chi connectivity index (χ4v) is 6.48. The number of fused-ring (bicyclic) bond motifs is 1. The largest absolute Gasteiger partial charge is 0.459 e. The van der Waals surface area contributed by atoms with Crippen LogP contribution in [0.5, 0.6) is 0 Å². The van der Waals surface area contributed by atoms with Crippen molar-refractivity contribution in [3.05, 3.63) is 48.6 Å². The second kappa shape index (κ2) is 15.8. The number of nitrogens with one attached hydrogen (secondary N) is 4. The van der Waals surface area contributed by atoms with E-state index < -0.39 is 65.1 Å². The Bertz CT molecular complexity index is 1370. The summed E-state index contributed by atoms with van der Waals surface area (Å²) in [5.41, 5.74) is -0.178. The highest BCUT2D eigenvalue weighted by Crippen LogP contribution is 2.65. The molecule has 4 N–H and O–H groups in total. The van der Waals surface area contributed by atoms with Gasteiger partial charge >= 0.3 is 12.0 Å². The number of benzene rings is 1. The third kappa shape index (κ3) is 9.02. The highest BCUT2D eigenvalue weighted by Gasteiger charge is 2.70. The lowest BCUT2D eigenvalue weighted by Gasteiger charge is -2.38. The Morgan fingerprint density at radius 3 is 2.25 bits per heavy atom. The zero-order chi connectivity index (χ0) is 36.0. The molecule has 1 aromatic rings. The van der Waals surface area contributed by atoms with E-state index in [2.05, 4.69) is 27.8 Å². The maximum Gasteiger partial charge on any atom is 0.329 e. The van der Waals surface area contributed by atoms with Crippen LogP contribution in [0, 0.1) is 28.6 Å². The maximum atomic E-state index is 14.3. The van der Waals surface area contributed by atoms with Crippen LogP contribution < -0.4 is 21.3 Å². The van der Waals surface area contributed by atoms with Crippen molar-refractivity contribution in [3.8, 4) is 0 Å². The van der Waals surface area contributed by atoms with E-state index in [1.54, 1.807) is 34.6 Å². The van der Waals surface area contributed by atoms with Crippen molar-refractivity contribution in [1.82, 2.24) is 26.2 Å². The predicted molar refractivity (Wildman–Crippen MR) is 181 cm³/mol. The van der Waals surface area contributed by atoms with Gasteiger partial charge in [-0.05, 0) is 40.6 Å². The standard InChI is InChI=1S/C36H53N5O7/c1-10-15-24(28(42)31(44)37-18-11-2)38-30(43)27-25-23(36(25,8)9)19-41(27)32(45)29(35(5,6)7)40-34(47)39-26(21(3)4)33(46)48-20-22-16-13-12-14-17-22/h11-14,16-17,21,23-27,29H,2,10,15,18-20H2,1,3-9H3,(H,37,44)(H,38,43)(H2,39,40,47)/t23-,24?,25-,26-,27-,29+/m0/s1. The Kier molecular flexibility index (Phi) is 12.6. The first-order valence-electron chi connectivity index (χ1n) is 16.8. The Morgan fingerprint density at radius 1 is 1.04 bits per heavy atom. The fraction of sp³-hybridized carbons (Fsp3) is 0.611. The first kappa shape index (κ1) is 38.2. The van der Waals surface area contributed by atoms with Crippen LogP contribution in [0.25, 0.3) is 0 Å². The van der Waals surface area contributed by atoms with Gasteiger partial charge in [0.1, 0.15) is 24.7 Å². The summed E-state index contributed by atoms with van der Waals surface area (Å²) in [5, 5.41) is 10.7. The molecular formula is C36H53N5O7. The number of rotatable bonds is 15. The van der Waals surface area contributed by atoms with Crippen LogP contribution >= 0.6 is 0 Å². The number of esters is 1. The summed E-state index contributed by atoms with van der Waals surface area (Å²) in [5.74, 6) is -3.55. The van der Waals surface area contributed by atoms with Gasteiger partial charge in [-0.25, -0.2) is 9.59 Å². The summed E-state index contributed by atoms with van der Waals surface area (Å²) in [6.45, 7) is 18.9. The summed E-state index contributed by atoms with van der Waals surface area (Å²) < 4.78 is 5.48. The van der Waals surface area contributed by atoms with Crippen LogP contribution in [0.1, 0.15) is 73.8 Å². The molecule has 1 aliphatic carbocycles. The molecule has 1 aliphatic heterocycles. The van der Waals surface area contributed by atoms with Crippen molar-refractivity contribution in [2.24, 2.45) is 28.6 Å². The molecule has 1 saturated heterocycles. The van der Waals surface area contributed by atoms with Crippen molar-refractivity contribution >= 4 is 35.5 Å². The molecule has 1 saturated carbocycles. The molecule has 0 spiro atoms. The highest BCUT2D eigenvalue weighted by molar-refractivity contribution is 6.38. The van der Waals surface area contributed by atoms with E-state index >= 15 is 0 Å². The van der Waals surface area contributed by atoms with E-state index in [1.165, 1.54) is 11.0 Å². The average molecular weight is 668 g/mol. The van der Waals surface area contributed by atoms with E-state index in [1.807, 2.05) is 51.1 Å². The SMILES string of the molecule is C=CCNC(=O)C(=O)C(CCC)NC(=O)[C@@H]1[C@@H]2[C@H](CN1C(=O)[C@@H](NC(=O)N[C@H](C(=O)OCc1ccccc1)C(C)C)C(C)(C)C)C2(C)C. The summed E-state index contributed by atoms with van der Waals surface area (Å²) in [4.78, 5) is 81.4. The van der Waals surface area contributed by atoms with Gasteiger partial charge < -0.3 is 30.9 Å². The van der Waals surface area contributed by atoms with E-state index in [4.69, 9.17) is 4.74 Å². The van der Waals surface area contributed by atoms with Crippen LogP contribution in [-0.2, 0) is 35.3 Å². The van der Waals surface area contributed by atoms with E-state index in [0.717, 1.165) is 5.56 Å². The molecule has 48 heavy (non-hydrogen) atoms. The molecular weight excluding hydrogens is 614 g/mol. The van der Waals surface area contributed by atoms with Gasteiger partial charge in [0.25, 0.3) is 5.91 Å². The lowest BCUT2D eigenvalue weighted by atomic mass is 9.85. The summed E-state index contributed by atoms with van der Waals surface area (Å²) in [6, 6.07) is 4.50. The number of carbonyl (C=O) groups is 6. The van der Waals surface area contributed by atoms with Gasteiger partial charge in [0.2, 0.25) is 17.6 Å². The molecule has 2 fully saturated rings. The minimum Gasteiger partial charge on any atom is -0.459 e. The number of carbonyl (C=O) groups excluding carboxylic acids is 6. The average Bonchev–Trinajstić information content (AvgIpc) is 3.33. The molecule has 1 heterocycles. The quantitative estimate of drug-likeness (QED) is 0.127. The second-order valence-corrected chi connectivity index (χ2v) is 14.8. The molecule has 12 heteroatoms. The zero-order valence-electron chi connectivity index (χ0n) is 29.6. The number of urea groups is 1. The van der Waals surface area contributed by atoms with Crippen molar-refractivity contribution in [3.63, 3.8) is 0 Å². The summed E-state index contributed by atoms with van der Waals surface area (Å²) >= 11 is 0. The summed E-state index contributed by atoms with van der Waals surface area (Å²) in [7, 11) is 0. The molecule has 0 bridgehead atoms. The molecule has 1 unspecified atom stereocenters. The first-order valence-corrected chi connectivity index (χ1v) is 16.8. The van der Waals surface area contributed by atoms with E-state index in [0.29, 0.717) is 13.0 Å². The smallest absolute Gasteiger partial charge is 0.329 e. The van der Waals surface area contributed by atoms with E-state index in [-0.39, 0.29) is 42.7 Å². The van der Waals surface area contributed by atoms with Crippen LogP contribution in [0.4, 0.5) is 4.79 Å². The lowest BCUT2D eigenvalue weighted by molar-refractivity contribution is -0.148. The van der Waals surface area contributed by atoms with Crippen molar-refractivity contribution < 1.29 is 33.5 Å². The third-order valence-electron chi connectivity index (χ3n) is 9.42. The third-order valence-corrected chi connectivity index (χ3v) is 9.42. The van der Waals surface area contributed by atoms with E-state index in [9.17, 15) is 28.8 Å². The molecule has 0 radical (unpaired) electrons. The Morgan fingerprint density at radius 2 is 1.69 bits per heavy atom. The zero-order valence-corrected chi connectivity index (χ0v) is 29.6. The maximum absolute atomic E-state index is 14.3. The number of Topliss-reactive ketones (excluding diaryl/α,β-unsaturated/α-hetero) is 1. The Labute approximate surface area is 284 Å². The van der Waals surface area contributed by atoms with Crippen molar-refractivity contribution in [2.75, 3.05) is 13.1 Å². The molecule has 5 amide bonds. The number of ether oxygens (including phenoxy) is 1. The van der Waals surface area contributed by atoms with Crippen LogP contribution in [0.2, 0.25) is 0 Å². The summed E-state index contributed by atoms with van der Waals surface area (Å²) in [6.07, 6.45) is 2.25. The van der Waals surface area contributed by atoms with Gasteiger partial charge in [-0.2, -0.15) is 0 Å². The Balaban J connectivity index is 1.77. The highest BCUT2D eigenvalue weighted by atomic mass is 16.5. The number of amides is 5. The molecule has 0 aromatic heterocycles. The van der Waals surface area contributed by atoms with Gasteiger partial charge in [0.05, 0.1) is 6.04 Å². The Hall–Kier alpha value is -4.22. The van der Waals surface area contributed by atoms with Gasteiger partial charge in [-0.3, -0.25) is 19.2 Å². The minimum absolute atomic E-state index is 0.0487. The number of hydrogen-bond donors (Lipinski definition) is 4. The molecule has 3 rings (SSSR count). The van der Waals surface area contributed by atoms with Crippen molar-refractivity contribution in [2.45, 2.75) is 99.0 Å². The van der Waals surface area contributed by atoms with Crippen LogP contribution in [-0.4, -0.2) is 77.7 Å². The van der Waals surface area contributed by atoms with Gasteiger partial charge in [0.15, 0.2) is 0 Å². The monoisotopic (exact) mass is 667 g/mol. The topological polar surface area (TPSA) is 163 Å². The molecule has 1 aromatic carbocycles. The second-order valence-electron chi connectivity index (χ2n) is 14.8. The normalized spacial score (nSPS) is 21.2. The fourth-order valence-electron chi connectivity index (χ4n) is 6.48. The first-order chi connectivity index (χ1) is 22.4. The van der Waals surface area contributed by atoms with Gasteiger partial charge in [-0.15, -0.1) is 6.58 Å². The van der Waals surface area contributed by atoms with Crippen LogP contribution in [0.3, 0.4) is 0 Å². The predicted octanol–water partition coefficient (Wildman–Crippen LogP) is 3.11. The van der Waals surface area contributed by atoms with Crippen LogP contribution in [0.15, 0.2) is 43.0 Å². The number of piperidine rings is 1. The lowest BCUT2D eigenvalue weighted by Crippen LogP contribution is -2.62. The van der Waals surface area contributed by atoms with Gasteiger partial charge in [-0.1, -0.05) is 98.2 Å². The number of ketones is 1. The number of nitrogens with zero attached hydrogens (tertiary/aromatic N) is 1. The molecule has 264 valence electrons. The van der Waals surface area contributed by atoms with Crippen molar-refractivity contribution in [1.29, 1.82) is 0 Å². The molecule has 2 aliphatic rings.